The first-order valence-corrected chi connectivity index (χ1v) is 8.11. The van der Waals surface area contributed by atoms with Gasteiger partial charge in [0.25, 0.3) is 0 Å². The first kappa shape index (κ1) is 17.0. The second-order valence-electron chi connectivity index (χ2n) is 6.10. The summed E-state index contributed by atoms with van der Waals surface area (Å²) in [5.41, 5.74) is 0. The largest absolute Gasteiger partial charge is 0.342 e. The van der Waals surface area contributed by atoms with E-state index in [-0.39, 0.29) is 36.4 Å². The Labute approximate surface area is 123 Å². The van der Waals surface area contributed by atoms with Gasteiger partial charge in [-0.2, -0.15) is 0 Å². The maximum Gasteiger partial charge on any atom is 0.246 e. The van der Waals surface area contributed by atoms with Gasteiger partial charge in [0.2, 0.25) is 11.8 Å². The van der Waals surface area contributed by atoms with Crippen molar-refractivity contribution in [3.8, 4) is 0 Å². The van der Waals surface area contributed by atoms with Crippen molar-refractivity contribution in [3.05, 3.63) is 0 Å². The first-order valence-electron chi connectivity index (χ1n) is 8.11. The highest BCUT2D eigenvalue weighted by atomic mass is 16.2. The molecule has 0 aromatic heterocycles. The van der Waals surface area contributed by atoms with Crippen molar-refractivity contribution >= 4 is 11.8 Å². The number of nitrogens with zero attached hydrogens (tertiary/aromatic N) is 1. The fourth-order valence-electron chi connectivity index (χ4n) is 2.71. The number of carbonyl (C=O) groups is 2. The van der Waals surface area contributed by atoms with Crippen molar-refractivity contribution in [2.45, 2.75) is 78.3 Å². The second-order valence-corrected chi connectivity index (χ2v) is 6.10. The van der Waals surface area contributed by atoms with Crippen LogP contribution in [0.3, 0.4) is 0 Å². The van der Waals surface area contributed by atoms with Gasteiger partial charge >= 0.3 is 0 Å². The minimum atomic E-state index is -0.334. The Morgan fingerprint density at radius 2 is 1.90 bits per heavy atom. The van der Waals surface area contributed by atoms with Gasteiger partial charge in [-0.3, -0.25) is 9.59 Å². The van der Waals surface area contributed by atoms with E-state index >= 15 is 0 Å². The van der Waals surface area contributed by atoms with E-state index in [1.807, 2.05) is 6.92 Å². The fourth-order valence-corrected chi connectivity index (χ4v) is 2.71. The molecule has 3 unspecified atom stereocenters. The average molecular weight is 282 g/mol. The topological polar surface area (TPSA) is 49.4 Å². The lowest BCUT2D eigenvalue weighted by molar-refractivity contribution is -0.148. The number of rotatable bonds is 8. The Hall–Kier alpha value is -1.06. The van der Waals surface area contributed by atoms with Crippen molar-refractivity contribution < 1.29 is 9.59 Å². The van der Waals surface area contributed by atoms with Crippen molar-refractivity contribution in [2.24, 2.45) is 5.92 Å². The molecule has 3 atom stereocenters. The van der Waals surface area contributed by atoms with Gasteiger partial charge in [-0.05, 0) is 19.3 Å². The molecule has 0 spiro atoms. The van der Waals surface area contributed by atoms with Gasteiger partial charge in [-0.25, -0.2) is 0 Å². The highest BCUT2D eigenvalue weighted by Crippen LogP contribution is 2.18. The molecule has 0 radical (unpaired) electrons. The maximum atomic E-state index is 12.5. The van der Waals surface area contributed by atoms with E-state index in [9.17, 15) is 9.59 Å². The molecule has 1 heterocycles. The van der Waals surface area contributed by atoms with Crippen molar-refractivity contribution in [1.82, 2.24) is 10.2 Å². The normalized spacial score (nSPS) is 22.6. The minimum absolute atomic E-state index is 0.0182. The molecule has 4 heteroatoms. The van der Waals surface area contributed by atoms with Crippen LogP contribution >= 0.6 is 0 Å². The van der Waals surface area contributed by atoms with Crippen LogP contribution in [0.25, 0.3) is 0 Å². The molecule has 0 aliphatic carbocycles. The van der Waals surface area contributed by atoms with Crippen LogP contribution in [0.15, 0.2) is 0 Å². The molecular formula is C16H30N2O2. The molecule has 116 valence electrons. The number of nitrogens with one attached hydrogen (secondary N) is 1. The lowest BCUT2D eigenvalue weighted by Gasteiger charge is -2.38. The zero-order valence-electron chi connectivity index (χ0n) is 13.4. The summed E-state index contributed by atoms with van der Waals surface area (Å²) in [6.07, 6.45) is 6.70. The second kappa shape index (κ2) is 8.28. The van der Waals surface area contributed by atoms with Crippen LogP contribution < -0.4 is 5.32 Å². The molecule has 1 fully saturated rings. The van der Waals surface area contributed by atoms with E-state index in [0.717, 1.165) is 19.3 Å². The molecule has 0 aromatic carbocycles. The molecule has 1 aliphatic heterocycles. The molecule has 0 saturated carbocycles. The monoisotopic (exact) mass is 282 g/mol. The van der Waals surface area contributed by atoms with E-state index in [2.05, 4.69) is 26.1 Å². The highest BCUT2D eigenvalue weighted by molar-refractivity contribution is 5.95. The zero-order chi connectivity index (χ0) is 15.1. The summed E-state index contributed by atoms with van der Waals surface area (Å²) in [4.78, 5) is 26.1. The molecular weight excluding hydrogens is 252 g/mol. The lowest BCUT2D eigenvalue weighted by atomic mass is 9.95. The minimum Gasteiger partial charge on any atom is -0.342 e. The molecule has 1 N–H and O–H groups in total. The predicted molar refractivity (Wildman–Crippen MR) is 81.3 cm³/mol. The van der Waals surface area contributed by atoms with Crippen LogP contribution in [-0.4, -0.2) is 35.3 Å². The fraction of sp³-hybridized carbons (Fsp3) is 0.875. The Balaban J connectivity index is 2.58. The summed E-state index contributed by atoms with van der Waals surface area (Å²) < 4.78 is 0. The first-order chi connectivity index (χ1) is 9.51. The molecule has 1 aliphatic rings. The van der Waals surface area contributed by atoms with E-state index in [1.54, 1.807) is 4.90 Å². The van der Waals surface area contributed by atoms with Gasteiger partial charge in [0, 0.05) is 6.04 Å². The van der Waals surface area contributed by atoms with Crippen LogP contribution in [0.5, 0.6) is 0 Å². The number of amides is 2. The lowest BCUT2D eigenvalue weighted by Crippen LogP contribution is -2.62. The molecule has 1 rings (SSSR count). The van der Waals surface area contributed by atoms with Crippen molar-refractivity contribution in [2.75, 3.05) is 6.54 Å². The van der Waals surface area contributed by atoms with Gasteiger partial charge < -0.3 is 10.2 Å². The SMILES string of the molecule is CCCCCCC(C)N1CC(=O)NC(C(C)CC)C1=O. The van der Waals surface area contributed by atoms with Gasteiger partial charge in [-0.15, -0.1) is 0 Å². The van der Waals surface area contributed by atoms with Crippen LogP contribution in [0, 0.1) is 5.92 Å². The number of unbranched alkanes of at least 4 members (excludes halogenated alkanes) is 3. The Morgan fingerprint density at radius 1 is 1.20 bits per heavy atom. The number of piperazine rings is 1. The van der Waals surface area contributed by atoms with Gasteiger partial charge in [0.15, 0.2) is 0 Å². The Kier molecular flexibility index (Phi) is 7.03. The van der Waals surface area contributed by atoms with E-state index in [0.29, 0.717) is 0 Å². The molecule has 0 aromatic rings. The van der Waals surface area contributed by atoms with E-state index in [1.165, 1.54) is 19.3 Å². The predicted octanol–water partition coefficient (Wildman–Crippen LogP) is 2.72. The molecule has 2 amide bonds. The number of hydrogen-bond donors (Lipinski definition) is 1. The molecule has 4 nitrogen and oxygen atoms in total. The Bertz CT molecular complexity index is 330. The third kappa shape index (κ3) is 4.50. The maximum absolute atomic E-state index is 12.5. The van der Waals surface area contributed by atoms with Crippen molar-refractivity contribution in [1.29, 1.82) is 0 Å². The molecule has 1 saturated heterocycles. The van der Waals surface area contributed by atoms with Crippen LogP contribution in [0.1, 0.15) is 66.2 Å². The number of hydrogen-bond acceptors (Lipinski definition) is 2. The van der Waals surface area contributed by atoms with Crippen LogP contribution in [0.2, 0.25) is 0 Å². The molecule has 20 heavy (non-hydrogen) atoms. The van der Waals surface area contributed by atoms with E-state index < -0.39 is 0 Å². The Morgan fingerprint density at radius 3 is 2.50 bits per heavy atom. The molecule has 0 bridgehead atoms. The summed E-state index contributed by atoms with van der Waals surface area (Å²) in [6, 6.07) is -0.170. The summed E-state index contributed by atoms with van der Waals surface area (Å²) in [5.74, 6) is 0.277. The third-order valence-electron chi connectivity index (χ3n) is 4.40. The summed E-state index contributed by atoms with van der Waals surface area (Å²) in [7, 11) is 0. The highest BCUT2D eigenvalue weighted by Gasteiger charge is 2.37. The van der Waals surface area contributed by atoms with Gasteiger partial charge in [0.1, 0.15) is 6.04 Å². The van der Waals surface area contributed by atoms with Crippen molar-refractivity contribution in [3.63, 3.8) is 0 Å². The quantitative estimate of drug-likeness (QED) is 0.696. The van der Waals surface area contributed by atoms with Gasteiger partial charge in [-0.1, -0.05) is 52.9 Å². The standard InChI is InChI=1S/C16H30N2O2/c1-5-7-8-9-10-13(4)18-11-14(19)17-15(16(18)20)12(3)6-2/h12-13,15H,5-11H2,1-4H3,(H,17,19). The summed E-state index contributed by atoms with van der Waals surface area (Å²) >= 11 is 0. The number of carbonyl (C=O) groups excluding carboxylic acids is 2. The van der Waals surface area contributed by atoms with Crippen LogP contribution in [0.4, 0.5) is 0 Å². The average Bonchev–Trinajstić information content (AvgIpc) is 2.44. The van der Waals surface area contributed by atoms with Gasteiger partial charge in [0.05, 0.1) is 6.54 Å². The third-order valence-corrected chi connectivity index (χ3v) is 4.40. The van der Waals surface area contributed by atoms with E-state index in [4.69, 9.17) is 0 Å². The zero-order valence-corrected chi connectivity index (χ0v) is 13.4. The van der Waals surface area contributed by atoms with Crippen LogP contribution in [-0.2, 0) is 9.59 Å². The smallest absolute Gasteiger partial charge is 0.246 e. The summed E-state index contributed by atoms with van der Waals surface area (Å²) in [6.45, 7) is 8.56. The summed E-state index contributed by atoms with van der Waals surface area (Å²) in [5, 5.41) is 2.85.